The molecule has 0 unspecified atom stereocenters. The van der Waals surface area contributed by atoms with E-state index < -0.39 is 0 Å². The average molecular weight is 307 g/mol. The summed E-state index contributed by atoms with van der Waals surface area (Å²) in [5.41, 5.74) is 5.77. The van der Waals surface area contributed by atoms with E-state index in [2.05, 4.69) is 9.97 Å². The molecule has 21 heavy (non-hydrogen) atoms. The van der Waals surface area contributed by atoms with Gasteiger partial charge in [-0.05, 0) is 18.2 Å². The summed E-state index contributed by atoms with van der Waals surface area (Å²) in [5.74, 6) is 0.475. The first-order chi connectivity index (χ1) is 10.1. The second-order valence-corrected chi connectivity index (χ2v) is 4.76. The van der Waals surface area contributed by atoms with Gasteiger partial charge in [0.25, 0.3) is 5.91 Å². The molecule has 0 fully saturated rings. The molecule has 1 aromatic carbocycles. The number of rotatable bonds is 5. The molecule has 0 bridgehead atoms. The SMILES string of the molecule is CN(CCOc1cccc(Cl)c1)C(=O)c1nccnc1N. The lowest BCUT2D eigenvalue weighted by Gasteiger charge is -2.17. The van der Waals surface area contributed by atoms with Crippen molar-refractivity contribution < 1.29 is 9.53 Å². The Morgan fingerprint density at radius 1 is 1.38 bits per heavy atom. The second-order valence-electron chi connectivity index (χ2n) is 4.32. The predicted octanol–water partition coefficient (Wildman–Crippen LogP) is 1.86. The molecule has 6 nitrogen and oxygen atoms in total. The van der Waals surface area contributed by atoms with E-state index in [0.29, 0.717) is 23.9 Å². The van der Waals surface area contributed by atoms with Crippen LogP contribution in [0.25, 0.3) is 0 Å². The van der Waals surface area contributed by atoms with Gasteiger partial charge in [-0.25, -0.2) is 9.97 Å². The minimum Gasteiger partial charge on any atom is -0.492 e. The molecule has 0 saturated heterocycles. The quantitative estimate of drug-likeness (QED) is 0.912. The molecule has 1 heterocycles. The van der Waals surface area contributed by atoms with E-state index in [9.17, 15) is 4.79 Å². The molecule has 1 aromatic heterocycles. The van der Waals surface area contributed by atoms with Crippen molar-refractivity contribution in [3.8, 4) is 5.75 Å². The Kier molecular flexibility index (Phi) is 4.94. The standard InChI is InChI=1S/C14H15ClN4O2/c1-19(14(20)12-13(16)18-6-5-17-12)7-8-21-11-4-2-3-10(15)9-11/h2-6,9H,7-8H2,1H3,(H2,16,18). The maximum atomic E-state index is 12.1. The predicted molar refractivity (Wildman–Crippen MR) is 80.4 cm³/mol. The minimum absolute atomic E-state index is 0.116. The smallest absolute Gasteiger partial charge is 0.276 e. The number of nitrogens with zero attached hydrogens (tertiary/aromatic N) is 3. The van der Waals surface area contributed by atoms with Gasteiger partial charge in [-0.1, -0.05) is 17.7 Å². The molecule has 0 aliphatic carbocycles. The number of nitrogen functional groups attached to an aromatic ring is 1. The van der Waals surface area contributed by atoms with E-state index in [-0.39, 0.29) is 17.4 Å². The number of anilines is 1. The number of amides is 1. The van der Waals surface area contributed by atoms with Gasteiger partial charge >= 0.3 is 0 Å². The zero-order valence-corrected chi connectivity index (χ0v) is 12.2. The molecule has 2 rings (SSSR count). The summed E-state index contributed by atoms with van der Waals surface area (Å²) >= 11 is 5.86. The Morgan fingerprint density at radius 3 is 2.86 bits per heavy atom. The van der Waals surface area contributed by atoms with Gasteiger partial charge in [-0.2, -0.15) is 0 Å². The van der Waals surface area contributed by atoms with Gasteiger partial charge in [0.1, 0.15) is 12.4 Å². The van der Waals surface area contributed by atoms with Crippen LogP contribution in [0, 0.1) is 0 Å². The van der Waals surface area contributed by atoms with Crippen molar-refractivity contribution in [2.75, 3.05) is 25.9 Å². The molecule has 2 N–H and O–H groups in total. The summed E-state index contributed by atoms with van der Waals surface area (Å²) in [5, 5.41) is 0.601. The van der Waals surface area contributed by atoms with Crippen molar-refractivity contribution in [1.29, 1.82) is 0 Å². The van der Waals surface area contributed by atoms with Crippen LogP contribution in [-0.2, 0) is 0 Å². The van der Waals surface area contributed by atoms with Crippen LogP contribution in [0.4, 0.5) is 5.82 Å². The lowest BCUT2D eigenvalue weighted by atomic mass is 10.3. The largest absolute Gasteiger partial charge is 0.492 e. The Morgan fingerprint density at radius 2 is 2.14 bits per heavy atom. The summed E-state index contributed by atoms with van der Waals surface area (Å²) < 4.78 is 5.53. The molecule has 7 heteroatoms. The van der Waals surface area contributed by atoms with Crippen molar-refractivity contribution in [3.63, 3.8) is 0 Å². The molecule has 0 aliphatic heterocycles. The topological polar surface area (TPSA) is 81.3 Å². The highest BCUT2D eigenvalue weighted by molar-refractivity contribution is 6.30. The summed E-state index contributed by atoms with van der Waals surface area (Å²) in [4.78, 5) is 21.4. The zero-order valence-electron chi connectivity index (χ0n) is 11.5. The van der Waals surface area contributed by atoms with Gasteiger partial charge in [0.2, 0.25) is 0 Å². The summed E-state index contributed by atoms with van der Waals surface area (Å²) in [7, 11) is 1.65. The van der Waals surface area contributed by atoms with Gasteiger partial charge in [0, 0.05) is 24.5 Å². The molecule has 0 atom stereocenters. The average Bonchev–Trinajstić information content (AvgIpc) is 2.47. The van der Waals surface area contributed by atoms with Crippen LogP contribution >= 0.6 is 11.6 Å². The highest BCUT2D eigenvalue weighted by atomic mass is 35.5. The van der Waals surface area contributed by atoms with Crippen molar-refractivity contribution >= 4 is 23.3 Å². The third-order valence-electron chi connectivity index (χ3n) is 2.77. The molecule has 2 aromatic rings. The first-order valence-corrected chi connectivity index (χ1v) is 6.66. The molecule has 0 aliphatic rings. The maximum Gasteiger partial charge on any atom is 0.276 e. The number of aromatic nitrogens is 2. The number of likely N-dealkylation sites (N-methyl/N-ethyl adjacent to an activating group) is 1. The van der Waals surface area contributed by atoms with Gasteiger partial charge in [-0.15, -0.1) is 0 Å². The van der Waals surface area contributed by atoms with Gasteiger partial charge in [0.05, 0.1) is 6.54 Å². The monoisotopic (exact) mass is 306 g/mol. The second kappa shape index (κ2) is 6.90. The molecule has 0 spiro atoms. The summed E-state index contributed by atoms with van der Waals surface area (Å²) in [6.07, 6.45) is 2.87. The number of nitrogens with two attached hydrogens (primary N) is 1. The highest BCUT2D eigenvalue weighted by Gasteiger charge is 2.16. The summed E-state index contributed by atoms with van der Waals surface area (Å²) in [6.45, 7) is 0.726. The van der Waals surface area contributed by atoms with E-state index in [1.54, 1.807) is 31.3 Å². The van der Waals surface area contributed by atoms with Gasteiger partial charge in [0.15, 0.2) is 11.5 Å². The Bertz CT molecular complexity index is 636. The Balaban J connectivity index is 1.89. The normalized spacial score (nSPS) is 10.2. The van der Waals surface area contributed by atoms with E-state index >= 15 is 0 Å². The van der Waals surface area contributed by atoms with Crippen molar-refractivity contribution in [1.82, 2.24) is 14.9 Å². The Hall–Kier alpha value is -2.34. The van der Waals surface area contributed by atoms with E-state index in [0.717, 1.165) is 0 Å². The van der Waals surface area contributed by atoms with Gasteiger partial charge in [-0.3, -0.25) is 4.79 Å². The van der Waals surface area contributed by atoms with Crippen LogP contribution < -0.4 is 10.5 Å². The molecular weight excluding hydrogens is 292 g/mol. The van der Waals surface area contributed by atoms with E-state index in [1.165, 1.54) is 17.3 Å². The van der Waals surface area contributed by atoms with Crippen LogP contribution in [0.15, 0.2) is 36.7 Å². The fourth-order valence-corrected chi connectivity index (χ4v) is 1.83. The van der Waals surface area contributed by atoms with Crippen molar-refractivity contribution in [3.05, 3.63) is 47.4 Å². The van der Waals surface area contributed by atoms with Crippen LogP contribution in [0.5, 0.6) is 5.75 Å². The van der Waals surface area contributed by atoms with Crippen LogP contribution in [0.1, 0.15) is 10.5 Å². The first kappa shape index (κ1) is 15.1. The van der Waals surface area contributed by atoms with Crippen LogP contribution in [0.2, 0.25) is 5.02 Å². The maximum absolute atomic E-state index is 12.1. The molecule has 1 amide bonds. The number of halogens is 1. The number of carbonyl (C=O) groups excluding carboxylic acids is 1. The number of ether oxygens (including phenoxy) is 1. The third-order valence-corrected chi connectivity index (χ3v) is 3.00. The number of hydrogen-bond donors (Lipinski definition) is 1. The lowest BCUT2D eigenvalue weighted by Crippen LogP contribution is -2.32. The number of benzene rings is 1. The Labute approximate surface area is 127 Å². The first-order valence-electron chi connectivity index (χ1n) is 6.28. The molecule has 110 valence electrons. The zero-order chi connectivity index (χ0) is 15.2. The fraction of sp³-hybridized carbons (Fsp3) is 0.214. The fourth-order valence-electron chi connectivity index (χ4n) is 1.65. The van der Waals surface area contributed by atoms with E-state index in [4.69, 9.17) is 22.1 Å². The molecule has 0 radical (unpaired) electrons. The summed E-state index contributed by atoms with van der Waals surface area (Å²) in [6, 6.07) is 7.08. The third kappa shape index (κ3) is 4.06. The van der Waals surface area contributed by atoms with Gasteiger partial charge < -0.3 is 15.4 Å². The number of carbonyl (C=O) groups is 1. The molecular formula is C14H15ClN4O2. The van der Waals surface area contributed by atoms with Crippen molar-refractivity contribution in [2.24, 2.45) is 0 Å². The minimum atomic E-state index is -0.296. The van der Waals surface area contributed by atoms with E-state index in [1.807, 2.05) is 0 Å². The van der Waals surface area contributed by atoms with Crippen LogP contribution in [0.3, 0.4) is 0 Å². The van der Waals surface area contributed by atoms with Crippen LogP contribution in [-0.4, -0.2) is 41.0 Å². The van der Waals surface area contributed by atoms with Crippen molar-refractivity contribution in [2.45, 2.75) is 0 Å². The molecule has 0 saturated carbocycles. The highest BCUT2D eigenvalue weighted by Crippen LogP contribution is 2.17. The number of hydrogen-bond acceptors (Lipinski definition) is 5. The lowest BCUT2D eigenvalue weighted by molar-refractivity contribution is 0.0769.